The van der Waals surface area contributed by atoms with Crippen LogP contribution in [0.15, 0.2) is 12.3 Å². The molecule has 17 heavy (non-hydrogen) atoms. The van der Waals surface area contributed by atoms with Crippen molar-refractivity contribution in [2.24, 2.45) is 0 Å². The van der Waals surface area contributed by atoms with Crippen LogP contribution in [-0.4, -0.2) is 36.1 Å². The summed E-state index contributed by atoms with van der Waals surface area (Å²) in [4.78, 5) is 6.54. The third kappa shape index (κ3) is 4.79. The van der Waals surface area contributed by atoms with Crippen molar-refractivity contribution in [1.82, 2.24) is 9.88 Å². The standard InChI is InChI=1S/C12H21ClN4/c1-3-17(4-2)7-5-6-15-12-11(14)8-10(13)9-16-12/h8-9H,3-7,14H2,1-2H3,(H,15,16). The predicted octanol–water partition coefficient (Wildman–Crippen LogP) is 2.46. The molecule has 96 valence electrons. The second-order valence-corrected chi connectivity index (χ2v) is 4.34. The Labute approximate surface area is 108 Å². The minimum atomic E-state index is 0.566. The average Bonchev–Trinajstić information content (AvgIpc) is 2.32. The van der Waals surface area contributed by atoms with Crippen molar-refractivity contribution in [3.05, 3.63) is 17.3 Å². The second kappa shape index (κ2) is 7.35. The first-order valence-corrected chi connectivity index (χ1v) is 6.42. The average molecular weight is 257 g/mol. The van der Waals surface area contributed by atoms with Crippen molar-refractivity contribution in [3.63, 3.8) is 0 Å². The number of nitrogens with zero attached hydrogens (tertiary/aromatic N) is 2. The molecular weight excluding hydrogens is 236 g/mol. The Morgan fingerprint density at radius 2 is 2.12 bits per heavy atom. The third-order valence-electron chi connectivity index (χ3n) is 2.72. The van der Waals surface area contributed by atoms with Crippen LogP contribution in [0.3, 0.4) is 0 Å². The lowest BCUT2D eigenvalue weighted by Crippen LogP contribution is -2.25. The normalized spacial score (nSPS) is 10.8. The number of hydrogen-bond acceptors (Lipinski definition) is 4. The van der Waals surface area contributed by atoms with E-state index in [1.54, 1.807) is 12.3 Å². The molecule has 0 amide bonds. The Morgan fingerprint density at radius 1 is 1.41 bits per heavy atom. The number of pyridine rings is 1. The Balaban J connectivity index is 2.31. The van der Waals surface area contributed by atoms with Gasteiger partial charge in [0.05, 0.1) is 10.7 Å². The van der Waals surface area contributed by atoms with E-state index in [9.17, 15) is 0 Å². The number of nitrogens with two attached hydrogens (primary N) is 1. The number of nitrogen functional groups attached to an aromatic ring is 1. The molecule has 0 unspecified atom stereocenters. The topological polar surface area (TPSA) is 54.2 Å². The molecule has 0 radical (unpaired) electrons. The molecule has 1 heterocycles. The largest absolute Gasteiger partial charge is 0.396 e. The van der Waals surface area contributed by atoms with Gasteiger partial charge in [-0.1, -0.05) is 25.4 Å². The first kappa shape index (κ1) is 14.1. The quantitative estimate of drug-likeness (QED) is 0.736. The van der Waals surface area contributed by atoms with Gasteiger partial charge >= 0.3 is 0 Å². The van der Waals surface area contributed by atoms with Gasteiger partial charge in [-0.25, -0.2) is 4.98 Å². The van der Waals surface area contributed by atoms with Crippen molar-refractivity contribution in [1.29, 1.82) is 0 Å². The summed E-state index contributed by atoms with van der Waals surface area (Å²) in [5, 5.41) is 3.79. The minimum Gasteiger partial charge on any atom is -0.396 e. The molecule has 1 aromatic heterocycles. The van der Waals surface area contributed by atoms with Crippen LogP contribution in [0.25, 0.3) is 0 Å². The lowest BCUT2D eigenvalue weighted by molar-refractivity contribution is 0.303. The van der Waals surface area contributed by atoms with Crippen LogP contribution in [0, 0.1) is 0 Å². The van der Waals surface area contributed by atoms with E-state index in [1.807, 2.05) is 0 Å². The highest BCUT2D eigenvalue weighted by Crippen LogP contribution is 2.18. The van der Waals surface area contributed by atoms with Crippen LogP contribution < -0.4 is 11.1 Å². The van der Waals surface area contributed by atoms with Crippen molar-refractivity contribution in [2.45, 2.75) is 20.3 Å². The number of nitrogens with one attached hydrogen (secondary N) is 1. The van der Waals surface area contributed by atoms with Gasteiger partial charge in [0.25, 0.3) is 0 Å². The van der Waals surface area contributed by atoms with Crippen LogP contribution in [0.1, 0.15) is 20.3 Å². The van der Waals surface area contributed by atoms with E-state index >= 15 is 0 Å². The maximum absolute atomic E-state index is 5.80. The highest BCUT2D eigenvalue weighted by molar-refractivity contribution is 6.30. The zero-order valence-corrected chi connectivity index (χ0v) is 11.3. The SMILES string of the molecule is CCN(CC)CCCNc1ncc(Cl)cc1N. The van der Waals surface area contributed by atoms with Crippen molar-refractivity contribution in [2.75, 3.05) is 37.2 Å². The highest BCUT2D eigenvalue weighted by Gasteiger charge is 2.02. The van der Waals surface area contributed by atoms with Crippen molar-refractivity contribution >= 4 is 23.1 Å². The van der Waals surface area contributed by atoms with Crippen LogP contribution in [0.5, 0.6) is 0 Å². The predicted molar refractivity (Wildman–Crippen MR) is 74.6 cm³/mol. The molecule has 0 bridgehead atoms. The summed E-state index contributed by atoms with van der Waals surface area (Å²) in [5.41, 5.74) is 6.39. The molecule has 0 aromatic carbocycles. The second-order valence-electron chi connectivity index (χ2n) is 3.90. The fourth-order valence-corrected chi connectivity index (χ4v) is 1.82. The summed E-state index contributed by atoms with van der Waals surface area (Å²) >= 11 is 5.78. The maximum atomic E-state index is 5.80. The molecule has 0 aliphatic heterocycles. The van der Waals surface area contributed by atoms with Gasteiger partial charge in [0, 0.05) is 12.7 Å². The monoisotopic (exact) mass is 256 g/mol. The van der Waals surface area contributed by atoms with Gasteiger partial charge in [0.1, 0.15) is 5.82 Å². The molecule has 1 rings (SSSR count). The van der Waals surface area contributed by atoms with Crippen LogP contribution in [0.2, 0.25) is 5.02 Å². The van der Waals surface area contributed by atoms with Gasteiger partial charge in [-0.15, -0.1) is 0 Å². The summed E-state index contributed by atoms with van der Waals surface area (Å²) in [5.74, 6) is 0.717. The van der Waals surface area contributed by atoms with E-state index in [0.717, 1.165) is 32.6 Å². The van der Waals surface area contributed by atoms with E-state index in [4.69, 9.17) is 17.3 Å². The summed E-state index contributed by atoms with van der Waals surface area (Å²) in [7, 11) is 0. The Morgan fingerprint density at radius 3 is 2.71 bits per heavy atom. The molecule has 3 N–H and O–H groups in total. The number of anilines is 2. The molecule has 1 aromatic rings. The summed E-state index contributed by atoms with van der Waals surface area (Å²) in [6, 6.07) is 1.71. The molecule has 0 fully saturated rings. The molecular formula is C12H21ClN4. The molecule has 0 spiro atoms. The number of hydrogen-bond donors (Lipinski definition) is 2. The summed E-state index contributed by atoms with van der Waals surface area (Å²) in [6.45, 7) is 8.50. The number of rotatable bonds is 7. The molecule has 4 nitrogen and oxygen atoms in total. The molecule has 0 aliphatic carbocycles. The van der Waals surface area contributed by atoms with Crippen molar-refractivity contribution < 1.29 is 0 Å². The highest BCUT2D eigenvalue weighted by atomic mass is 35.5. The summed E-state index contributed by atoms with van der Waals surface area (Å²) in [6.07, 6.45) is 2.68. The fraction of sp³-hybridized carbons (Fsp3) is 0.583. The minimum absolute atomic E-state index is 0.566. The molecule has 5 heteroatoms. The Bertz CT molecular complexity index is 339. The zero-order valence-electron chi connectivity index (χ0n) is 10.5. The molecule has 0 atom stereocenters. The summed E-state index contributed by atoms with van der Waals surface area (Å²) < 4.78 is 0. The van der Waals surface area contributed by atoms with E-state index in [2.05, 4.69) is 29.0 Å². The van der Waals surface area contributed by atoms with Gasteiger partial charge in [0.2, 0.25) is 0 Å². The number of aromatic nitrogens is 1. The fourth-order valence-electron chi connectivity index (χ4n) is 1.65. The van der Waals surface area contributed by atoms with E-state index in [-0.39, 0.29) is 0 Å². The lowest BCUT2D eigenvalue weighted by Gasteiger charge is -2.18. The van der Waals surface area contributed by atoms with Gasteiger partial charge in [0.15, 0.2) is 0 Å². The molecule has 0 aliphatic rings. The Hall–Kier alpha value is -1.00. The van der Waals surface area contributed by atoms with Crippen LogP contribution in [-0.2, 0) is 0 Å². The van der Waals surface area contributed by atoms with Crippen LogP contribution in [0.4, 0.5) is 11.5 Å². The van der Waals surface area contributed by atoms with Gasteiger partial charge in [-0.2, -0.15) is 0 Å². The smallest absolute Gasteiger partial charge is 0.149 e. The molecule has 0 saturated heterocycles. The maximum Gasteiger partial charge on any atom is 0.149 e. The number of halogens is 1. The van der Waals surface area contributed by atoms with Crippen molar-refractivity contribution in [3.8, 4) is 0 Å². The van der Waals surface area contributed by atoms with E-state index < -0.39 is 0 Å². The lowest BCUT2D eigenvalue weighted by atomic mass is 10.3. The third-order valence-corrected chi connectivity index (χ3v) is 2.93. The first-order chi connectivity index (χ1) is 8.17. The first-order valence-electron chi connectivity index (χ1n) is 6.04. The van der Waals surface area contributed by atoms with E-state index in [0.29, 0.717) is 16.5 Å². The van der Waals surface area contributed by atoms with Gasteiger partial charge in [-0.3, -0.25) is 0 Å². The van der Waals surface area contributed by atoms with Gasteiger partial charge in [-0.05, 0) is 32.1 Å². The molecule has 0 saturated carbocycles. The van der Waals surface area contributed by atoms with Crippen LogP contribution >= 0.6 is 11.6 Å². The zero-order chi connectivity index (χ0) is 12.7. The Kier molecular flexibility index (Phi) is 6.08. The van der Waals surface area contributed by atoms with Gasteiger partial charge < -0.3 is 16.0 Å². The van der Waals surface area contributed by atoms with E-state index in [1.165, 1.54) is 0 Å².